The predicted octanol–water partition coefficient (Wildman–Crippen LogP) is 5.61. The van der Waals surface area contributed by atoms with E-state index >= 15 is 0 Å². The maximum atomic E-state index is 13.2. The minimum absolute atomic E-state index is 0.114. The van der Waals surface area contributed by atoms with Crippen LogP contribution in [0.1, 0.15) is 21.6 Å². The molecule has 0 unspecified atom stereocenters. The van der Waals surface area contributed by atoms with Gasteiger partial charge in [-0.1, -0.05) is 36.4 Å². The molecule has 1 aliphatic heterocycles. The van der Waals surface area contributed by atoms with E-state index in [1.165, 1.54) is 11.3 Å². The topological polar surface area (TPSA) is 54.5 Å². The lowest BCUT2D eigenvalue weighted by molar-refractivity contribution is 0.102. The van der Waals surface area contributed by atoms with Crippen LogP contribution in [0, 0.1) is 0 Å². The minimum atomic E-state index is -0.114. The third-order valence-corrected chi connectivity index (χ3v) is 6.27. The van der Waals surface area contributed by atoms with Gasteiger partial charge in [0, 0.05) is 48.3 Å². The molecule has 170 valence electrons. The molecule has 5 nitrogen and oxygen atoms in total. The second-order valence-electron chi connectivity index (χ2n) is 8.38. The molecular formula is C29H27N3O2. The molecule has 4 aromatic rings. The van der Waals surface area contributed by atoms with Crippen molar-refractivity contribution < 1.29 is 9.53 Å². The van der Waals surface area contributed by atoms with Crippen LogP contribution >= 0.6 is 0 Å². The second-order valence-corrected chi connectivity index (χ2v) is 8.38. The fraction of sp³-hybridized carbons (Fsp3) is 0.172. The van der Waals surface area contributed by atoms with E-state index in [1.54, 1.807) is 7.11 Å². The highest BCUT2D eigenvalue weighted by Crippen LogP contribution is 2.31. The Hall–Kier alpha value is -4.12. The molecule has 1 aromatic heterocycles. The highest BCUT2D eigenvalue weighted by Gasteiger charge is 2.20. The summed E-state index contributed by atoms with van der Waals surface area (Å²) in [5.74, 6) is 0.675. The zero-order valence-electron chi connectivity index (χ0n) is 19.2. The molecule has 0 fully saturated rings. The lowest BCUT2D eigenvalue weighted by Gasteiger charge is -2.19. The molecule has 0 saturated heterocycles. The van der Waals surface area contributed by atoms with Crippen LogP contribution in [0.3, 0.4) is 0 Å². The van der Waals surface area contributed by atoms with Crippen LogP contribution in [0.15, 0.2) is 91.1 Å². The van der Waals surface area contributed by atoms with Crippen molar-refractivity contribution in [1.82, 2.24) is 4.98 Å². The molecule has 1 aliphatic rings. The first-order valence-electron chi connectivity index (χ1n) is 11.5. The fourth-order valence-electron chi connectivity index (χ4n) is 4.48. The molecule has 0 radical (unpaired) electrons. The van der Waals surface area contributed by atoms with Gasteiger partial charge in [-0.3, -0.25) is 9.78 Å². The van der Waals surface area contributed by atoms with E-state index in [9.17, 15) is 4.79 Å². The van der Waals surface area contributed by atoms with Gasteiger partial charge >= 0.3 is 0 Å². The number of ether oxygens (including phenoxy) is 1. The molecule has 0 bridgehead atoms. The first-order valence-corrected chi connectivity index (χ1v) is 11.5. The van der Waals surface area contributed by atoms with Gasteiger partial charge in [-0.05, 0) is 71.6 Å². The Balaban J connectivity index is 1.30. The number of methoxy groups -OCH3 is 1. The van der Waals surface area contributed by atoms with E-state index in [4.69, 9.17) is 4.74 Å². The lowest BCUT2D eigenvalue weighted by Crippen LogP contribution is -2.23. The number of fused-ring (bicyclic) bond motifs is 1. The number of nitrogens with one attached hydrogen (secondary N) is 1. The van der Waals surface area contributed by atoms with E-state index < -0.39 is 0 Å². The summed E-state index contributed by atoms with van der Waals surface area (Å²) in [6.45, 7) is 1.92. The summed E-state index contributed by atoms with van der Waals surface area (Å²) in [6.07, 6.45) is 3.74. The lowest BCUT2D eigenvalue weighted by atomic mass is 9.99. The third kappa shape index (κ3) is 4.64. The molecule has 0 aliphatic carbocycles. The van der Waals surface area contributed by atoms with Gasteiger partial charge < -0.3 is 15.0 Å². The highest BCUT2D eigenvalue weighted by atomic mass is 16.5. The molecule has 1 N–H and O–H groups in total. The molecule has 0 atom stereocenters. The Bertz CT molecular complexity index is 1290. The maximum Gasteiger partial charge on any atom is 0.256 e. The third-order valence-electron chi connectivity index (χ3n) is 6.27. The number of carbonyl (C=O) groups excluding carboxylic acids is 1. The zero-order chi connectivity index (χ0) is 23.3. The molecule has 5 heteroatoms. The number of hydrogen-bond donors (Lipinski definition) is 1. The van der Waals surface area contributed by atoms with Crippen molar-refractivity contribution >= 4 is 17.3 Å². The second kappa shape index (κ2) is 9.79. The van der Waals surface area contributed by atoms with Gasteiger partial charge in [-0.2, -0.15) is 0 Å². The molecule has 2 heterocycles. The van der Waals surface area contributed by atoms with Gasteiger partial charge in [0.2, 0.25) is 0 Å². The standard InChI is InChI=1S/C29H27N3O2/c1-34-25-12-9-21(10-13-25)26-7-2-3-8-27(26)29(33)31-24-11-14-28-22(20-24)15-18-32(28)19-16-23-6-4-5-17-30-23/h2-14,17,20H,15-16,18-19H2,1H3,(H,31,33). The van der Waals surface area contributed by atoms with E-state index in [1.807, 2.05) is 72.9 Å². The monoisotopic (exact) mass is 449 g/mol. The first kappa shape index (κ1) is 21.7. The van der Waals surface area contributed by atoms with Crippen molar-refractivity contribution in [2.75, 3.05) is 30.4 Å². The van der Waals surface area contributed by atoms with Crippen molar-refractivity contribution in [1.29, 1.82) is 0 Å². The Morgan fingerprint density at radius 2 is 1.82 bits per heavy atom. The van der Waals surface area contributed by atoms with Gasteiger partial charge in [-0.25, -0.2) is 0 Å². The maximum absolute atomic E-state index is 13.2. The van der Waals surface area contributed by atoms with Crippen molar-refractivity contribution in [3.63, 3.8) is 0 Å². The summed E-state index contributed by atoms with van der Waals surface area (Å²) in [6, 6.07) is 27.7. The number of rotatable bonds is 7. The molecule has 1 amide bonds. The van der Waals surface area contributed by atoms with Gasteiger partial charge in [0.1, 0.15) is 5.75 Å². The summed E-state index contributed by atoms with van der Waals surface area (Å²) in [5.41, 5.74) is 6.95. The summed E-state index contributed by atoms with van der Waals surface area (Å²) in [4.78, 5) is 20.0. The van der Waals surface area contributed by atoms with Gasteiger partial charge in [0.15, 0.2) is 0 Å². The van der Waals surface area contributed by atoms with Crippen LogP contribution in [0.5, 0.6) is 5.75 Å². The summed E-state index contributed by atoms with van der Waals surface area (Å²) < 4.78 is 5.26. The number of benzene rings is 3. The molecular weight excluding hydrogens is 422 g/mol. The number of anilines is 2. The molecule has 0 saturated carbocycles. The van der Waals surface area contributed by atoms with E-state index in [0.717, 1.165) is 54.2 Å². The SMILES string of the molecule is COc1ccc(-c2ccccc2C(=O)Nc2ccc3c(c2)CCN3CCc2ccccn2)cc1. The largest absolute Gasteiger partial charge is 0.497 e. The van der Waals surface area contributed by atoms with E-state index in [-0.39, 0.29) is 5.91 Å². The van der Waals surface area contributed by atoms with Crippen molar-refractivity contribution in [3.05, 3.63) is 108 Å². The number of carbonyl (C=O) groups is 1. The first-order chi connectivity index (χ1) is 16.7. The Morgan fingerprint density at radius 1 is 1.00 bits per heavy atom. The van der Waals surface area contributed by atoms with Crippen molar-refractivity contribution in [3.8, 4) is 16.9 Å². The summed E-state index contributed by atoms with van der Waals surface area (Å²) in [7, 11) is 1.65. The normalized spacial score (nSPS) is 12.3. The molecule has 3 aromatic carbocycles. The Kier molecular flexibility index (Phi) is 6.25. The number of amides is 1. The zero-order valence-corrected chi connectivity index (χ0v) is 19.2. The fourth-order valence-corrected chi connectivity index (χ4v) is 4.48. The smallest absolute Gasteiger partial charge is 0.256 e. The number of nitrogens with zero attached hydrogens (tertiary/aromatic N) is 2. The molecule has 0 spiro atoms. The average molecular weight is 450 g/mol. The van der Waals surface area contributed by atoms with Crippen LogP contribution in [0.25, 0.3) is 11.1 Å². The van der Waals surface area contributed by atoms with Crippen LogP contribution in [-0.2, 0) is 12.8 Å². The van der Waals surface area contributed by atoms with Crippen LogP contribution in [-0.4, -0.2) is 31.1 Å². The van der Waals surface area contributed by atoms with Crippen LogP contribution in [0.2, 0.25) is 0 Å². The minimum Gasteiger partial charge on any atom is -0.497 e. The highest BCUT2D eigenvalue weighted by molar-refractivity contribution is 6.08. The average Bonchev–Trinajstić information content (AvgIpc) is 3.30. The van der Waals surface area contributed by atoms with Crippen LogP contribution in [0.4, 0.5) is 11.4 Å². The Morgan fingerprint density at radius 3 is 2.62 bits per heavy atom. The number of aromatic nitrogens is 1. The molecule has 5 rings (SSSR count). The summed E-state index contributed by atoms with van der Waals surface area (Å²) in [5, 5.41) is 3.10. The summed E-state index contributed by atoms with van der Waals surface area (Å²) >= 11 is 0. The number of pyridine rings is 1. The van der Waals surface area contributed by atoms with Crippen molar-refractivity contribution in [2.24, 2.45) is 0 Å². The van der Waals surface area contributed by atoms with E-state index in [0.29, 0.717) is 5.56 Å². The van der Waals surface area contributed by atoms with Gasteiger partial charge in [0.25, 0.3) is 5.91 Å². The Labute approximate surface area is 200 Å². The van der Waals surface area contributed by atoms with Gasteiger partial charge in [-0.15, -0.1) is 0 Å². The predicted molar refractivity (Wildman–Crippen MR) is 137 cm³/mol. The van der Waals surface area contributed by atoms with Gasteiger partial charge in [0.05, 0.1) is 7.11 Å². The van der Waals surface area contributed by atoms with Crippen LogP contribution < -0.4 is 15.0 Å². The van der Waals surface area contributed by atoms with Crippen molar-refractivity contribution in [2.45, 2.75) is 12.8 Å². The quantitative estimate of drug-likeness (QED) is 0.398. The number of hydrogen-bond acceptors (Lipinski definition) is 4. The molecule has 34 heavy (non-hydrogen) atoms. The van der Waals surface area contributed by atoms with E-state index in [2.05, 4.69) is 33.4 Å².